The second kappa shape index (κ2) is 8.29. The van der Waals surface area contributed by atoms with Gasteiger partial charge in [0.05, 0.1) is 11.8 Å². The quantitative estimate of drug-likeness (QED) is 0.269. The van der Waals surface area contributed by atoms with Crippen LogP contribution in [0.25, 0.3) is 0 Å². The molecule has 1 saturated heterocycles. The third kappa shape index (κ3) is 3.54. The minimum atomic E-state index is -1.11. The van der Waals surface area contributed by atoms with E-state index >= 15 is 0 Å². The predicted octanol–water partition coefficient (Wildman–Crippen LogP) is 3.47. The van der Waals surface area contributed by atoms with Crippen LogP contribution in [0.3, 0.4) is 0 Å². The fourth-order valence-electron chi connectivity index (χ4n) is 6.55. The maximum absolute atomic E-state index is 13.7. The molecule has 1 aliphatic heterocycles. The Morgan fingerprint density at radius 2 is 1.43 bits per heavy atom. The van der Waals surface area contributed by atoms with E-state index in [2.05, 4.69) is 12.2 Å². The number of hydrogen-bond acceptors (Lipinski definition) is 5. The first kappa shape index (κ1) is 22.0. The molecule has 2 aromatic carbocycles. The molecular weight excluding hydrogens is 442 g/mol. The monoisotopic (exact) mass is 469 g/mol. The summed E-state index contributed by atoms with van der Waals surface area (Å²) in [5.74, 6) is -1.28. The number of esters is 1. The molecule has 4 aliphatic carbocycles. The molecule has 3 fully saturated rings. The van der Waals surface area contributed by atoms with Crippen LogP contribution in [-0.2, 0) is 25.5 Å². The summed E-state index contributed by atoms with van der Waals surface area (Å²) >= 11 is 0. The SMILES string of the molecule is C[C@@H](OC(=O)[C@@H](Cc1ccccc1)N1C(=O)[C@H]2[C@@H]3C=C[C@H]([C@H]4C[C@H]34)[C@@H]2C1=O)C(=O)c1ccccc1. The molecule has 0 N–H and O–H groups in total. The number of nitrogens with zero attached hydrogens (tertiary/aromatic N) is 1. The number of hydrogen-bond donors (Lipinski definition) is 0. The maximum Gasteiger partial charge on any atom is 0.330 e. The van der Waals surface area contributed by atoms with Crippen molar-refractivity contribution in [1.29, 1.82) is 0 Å². The number of allylic oxidation sites excluding steroid dienone is 2. The molecule has 1 heterocycles. The number of carbonyl (C=O) groups is 4. The van der Waals surface area contributed by atoms with E-state index < -0.39 is 30.0 Å². The Balaban J connectivity index is 1.28. The number of carbonyl (C=O) groups excluding carboxylic acids is 4. The number of amides is 2. The Bertz CT molecular complexity index is 1190. The molecule has 0 spiro atoms. The van der Waals surface area contributed by atoms with Crippen molar-refractivity contribution in [2.45, 2.75) is 31.9 Å². The molecule has 6 nitrogen and oxygen atoms in total. The minimum absolute atomic E-state index is 0.0726. The van der Waals surface area contributed by atoms with Crippen LogP contribution in [0.15, 0.2) is 72.8 Å². The molecule has 7 rings (SSSR count). The highest BCUT2D eigenvalue weighted by Gasteiger charge is 2.68. The normalized spacial score (nSPS) is 31.5. The van der Waals surface area contributed by atoms with Crippen molar-refractivity contribution in [3.05, 3.63) is 83.9 Å². The summed E-state index contributed by atoms with van der Waals surface area (Å²) in [6, 6.07) is 16.8. The van der Waals surface area contributed by atoms with Gasteiger partial charge in [-0.2, -0.15) is 0 Å². The smallest absolute Gasteiger partial charge is 0.330 e. The van der Waals surface area contributed by atoms with Crippen LogP contribution in [-0.4, -0.2) is 40.6 Å². The van der Waals surface area contributed by atoms with Crippen LogP contribution < -0.4 is 0 Å². The summed E-state index contributed by atoms with van der Waals surface area (Å²) in [6.45, 7) is 1.53. The van der Waals surface area contributed by atoms with Crippen LogP contribution >= 0.6 is 0 Å². The second-order valence-electron chi connectivity index (χ2n) is 10.2. The number of Topliss-reactive ketones (excluding diaryl/α,β-unsaturated/α-hetero) is 1. The van der Waals surface area contributed by atoms with Gasteiger partial charge < -0.3 is 4.74 Å². The fourth-order valence-corrected chi connectivity index (χ4v) is 6.55. The molecule has 2 saturated carbocycles. The van der Waals surface area contributed by atoms with Gasteiger partial charge in [0.2, 0.25) is 17.6 Å². The maximum atomic E-state index is 13.7. The molecule has 2 amide bonds. The number of benzene rings is 2. The molecule has 5 aliphatic rings. The van der Waals surface area contributed by atoms with E-state index in [0.717, 1.165) is 12.0 Å². The molecule has 8 atom stereocenters. The average Bonchev–Trinajstić information content (AvgIpc) is 3.67. The van der Waals surface area contributed by atoms with Gasteiger partial charge in [-0.3, -0.25) is 19.3 Å². The summed E-state index contributed by atoms with van der Waals surface area (Å²) in [5.41, 5.74) is 1.25. The highest BCUT2D eigenvalue weighted by molar-refractivity contribution is 6.09. The van der Waals surface area contributed by atoms with Crippen molar-refractivity contribution in [2.24, 2.45) is 35.5 Å². The van der Waals surface area contributed by atoms with E-state index in [1.807, 2.05) is 30.3 Å². The first-order chi connectivity index (χ1) is 17.0. The van der Waals surface area contributed by atoms with Crippen LogP contribution in [0.1, 0.15) is 29.3 Å². The van der Waals surface area contributed by atoms with E-state index in [1.165, 1.54) is 11.8 Å². The Morgan fingerprint density at radius 1 is 0.886 bits per heavy atom. The van der Waals surface area contributed by atoms with Gasteiger partial charge in [0, 0.05) is 12.0 Å². The van der Waals surface area contributed by atoms with Crippen LogP contribution in [0.5, 0.6) is 0 Å². The Hall–Kier alpha value is -3.54. The van der Waals surface area contributed by atoms with Crippen LogP contribution in [0, 0.1) is 35.5 Å². The summed E-state index contributed by atoms with van der Waals surface area (Å²) in [4.78, 5) is 54.8. The largest absolute Gasteiger partial charge is 0.453 e. The molecule has 2 bridgehead atoms. The standard InChI is InChI=1S/C29H27NO5/c1-16(26(31)18-10-6-3-7-11-18)35-29(34)23(14-17-8-4-2-5-9-17)30-27(32)24-19-12-13-20(22-15-21(19)22)25(24)28(30)33/h2-13,16,19-25H,14-15H2,1H3/t16-,19-,20-,21-,22-,23-,24+,25+/m1/s1. The van der Waals surface area contributed by atoms with Gasteiger partial charge >= 0.3 is 5.97 Å². The van der Waals surface area contributed by atoms with E-state index in [4.69, 9.17) is 4.74 Å². The molecule has 178 valence electrons. The van der Waals surface area contributed by atoms with Gasteiger partial charge in [-0.1, -0.05) is 72.8 Å². The number of ether oxygens (including phenoxy) is 1. The van der Waals surface area contributed by atoms with E-state index in [0.29, 0.717) is 17.4 Å². The fraction of sp³-hybridized carbons (Fsp3) is 0.379. The number of ketones is 1. The number of likely N-dealkylation sites (tertiary alicyclic amines) is 1. The van der Waals surface area contributed by atoms with Gasteiger partial charge in [0.15, 0.2) is 6.10 Å². The lowest BCUT2D eigenvalue weighted by Crippen LogP contribution is -2.49. The first-order valence-corrected chi connectivity index (χ1v) is 12.3. The number of rotatable bonds is 7. The third-order valence-electron chi connectivity index (χ3n) is 8.27. The van der Waals surface area contributed by atoms with Gasteiger partial charge in [0.1, 0.15) is 6.04 Å². The molecule has 0 radical (unpaired) electrons. The summed E-state index contributed by atoms with van der Waals surface area (Å²) in [7, 11) is 0. The minimum Gasteiger partial charge on any atom is -0.453 e. The zero-order valence-corrected chi connectivity index (χ0v) is 19.4. The van der Waals surface area contributed by atoms with Gasteiger partial charge in [-0.15, -0.1) is 0 Å². The van der Waals surface area contributed by atoms with E-state index in [9.17, 15) is 19.2 Å². The van der Waals surface area contributed by atoms with Crippen molar-refractivity contribution < 1.29 is 23.9 Å². The van der Waals surface area contributed by atoms with Crippen molar-refractivity contribution in [3.63, 3.8) is 0 Å². The molecule has 35 heavy (non-hydrogen) atoms. The lowest BCUT2D eigenvalue weighted by molar-refractivity contribution is -0.160. The zero-order valence-electron chi connectivity index (χ0n) is 19.4. The van der Waals surface area contributed by atoms with Gasteiger partial charge in [0.25, 0.3) is 0 Å². The molecule has 0 unspecified atom stereocenters. The van der Waals surface area contributed by atoms with Crippen LogP contribution in [0.2, 0.25) is 0 Å². The Labute approximate surface area is 203 Å². The Morgan fingerprint density at radius 3 is 2.00 bits per heavy atom. The van der Waals surface area contributed by atoms with Crippen molar-refractivity contribution in [3.8, 4) is 0 Å². The summed E-state index contributed by atoms with van der Waals surface area (Å²) < 4.78 is 5.61. The number of imide groups is 1. The summed E-state index contributed by atoms with van der Waals surface area (Å²) in [6.07, 6.45) is 4.41. The van der Waals surface area contributed by atoms with Gasteiger partial charge in [-0.05, 0) is 42.6 Å². The summed E-state index contributed by atoms with van der Waals surface area (Å²) in [5, 5.41) is 0. The van der Waals surface area contributed by atoms with Crippen molar-refractivity contribution >= 4 is 23.6 Å². The third-order valence-corrected chi connectivity index (χ3v) is 8.27. The highest BCUT2D eigenvalue weighted by atomic mass is 16.5. The molecule has 0 aromatic heterocycles. The van der Waals surface area contributed by atoms with Crippen molar-refractivity contribution in [2.75, 3.05) is 0 Å². The lowest BCUT2D eigenvalue weighted by atomic mass is 9.63. The van der Waals surface area contributed by atoms with Gasteiger partial charge in [-0.25, -0.2) is 4.79 Å². The zero-order chi connectivity index (χ0) is 24.3. The van der Waals surface area contributed by atoms with E-state index in [1.54, 1.807) is 30.3 Å². The topological polar surface area (TPSA) is 80.8 Å². The molecule has 6 heteroatoms. The first-order valence-electron chi connectivity index (χ1n) is 12.3. The lowest BCUT2D eigenvalue weighted by Gasteiger charge is -2.37. The van der Waals surface area contributed by atoms with Crippen molar-refractivity contribution in [1.82, 2.24) is 4.90 Å². The van der Waals surface area contributed by atoms with Crippen LogP contribution in [0.4, 0.5) is 0 Å². The molecule has 2 aromatic rings. The molecular formula is C29H27NO5. The second-order valence-corrected chi connectivity index (χ2v) is 10.2. The Kier molecular flexibility index (Phi) is 5.20. The van der Waals surface area contributed by atoms with E-state index in [-0.39, 0.29) is 35.9 Å². The predicted molar refractivity (Wildman–Crippen MR) is 127 cm³/mol. The average molecular weight is 470 g/mol. The highest BCUT2D eigenvalue weighted by Crippen LogP contribution is 2.65.